The molecule has 2 aromatic carbocycles. The molecule has 3 aromatic rings. The number of ether oxygens (including phenoxy) is 3. The van der Waals surface area contributed by atoms with Crippen LogP contribution in [0.25, 0.3) is 6.08 Å². The fourth-order valence-corrected chi connectivity index (χ4v) is 3.86. The summed E-state index contributed by atoms with van der Waals surface area (Å²) >= 11 is 0. The lowest BCUT2D eigenvalue weighted by atomic mass is 9.86. The van der Waals surface area contributed by atoms with E-state index in [4.69, 9.17) is 14.2 Å². The van der Waals surface area contributed by atoms with E-state index in [0.29, 0.717) is 22.6 Å². The molecule has 5 rings (SSSR count). The first-order chi connectivity index (χ1) is 14.5. The fourth-order valence-electron chi connectivity index (χ4n) is 3.86. The molecular formula is C23H18N2O5. The molecule has 0 spiro atoms. The molecule has 1 unspecified atom stereocenters. The number of allylic oxidation sites excluding steroid dienone is 1. The van der Waals surface area contributed by atoms with Gasteiger partial charge in [-0.05, 0) is 41.5 Å². The first-order valence-electron chi connectivity index (χ1n) is 9.48. The number of carbonyl (C=O) groups is 2. The predicted octanol–water partition coefficient (Wildman–Crippen LogP) is 3.49. The SMILES string of the molecule is COc1ccc(/C=C2\Oc3c(ccc4c3C(c3cnn(C)c3)CC(=O)O4)C2=O)cc1. The first-order valence-corrected chi connectivity index (χ1v) is 9.48. The molecule has 1 atom stereocenters. The summed E-state index contributed by atoms with van der Waals surface area (Å²) in [5.41, 5.74) is 2.84. The van der Waals surface area contributed by atoms with Crippen LogP contribution in [0.4, 0.5) is 0 Å². The lowest BCUT2D eigenvalue weighted by Crippen LogP contribution is -2.21. The molecule has 0 saturated heterocycles. The van der Waals surface area contributed by atoms with Gasteiger partial charge in [0.05, 0.1) is 25.3 Å². The number of ketones is 1. The molecule has 0 bridgehead atoms. The molecular weight excluding hydrogens is 384 g/mol. The molecule has 2 aliphatic rings. The average Bonchev–Trinajstić information content (AvgIpc) is 3.31. The fraction of sp³-hybridized carbons (Fsp3) is 0.174. The number of methoxy groups -OCH3 is 1. The van der Waals surface area contributed by atoms with E-state index < -0.39 is 0 Å². The van der Waals surface area contributed by atoms with E-state index in [1.54, 1.807) is 36.2 Å². The molecule has 1 aromatic heterocycles. The highest BCUT2D eigenvalue weighted by Gasteiger charge is 2.38. The third kappa shape index (κ3) is 2.95. The van der Waals surface area contributed by atoms with E-state index in [1.807, 2.05) is 37.5 Å². The molecule has 3 heterocycles. The second-order valence-corrected chi connectivity index (χ2v) is 7.25. The largest absolute Gasteiger partial charge is 0.497 e. The normalized spacial score (nSPS) is 18.6. The Morgan fingerprint density at radius 1 is 1.13 bits per heavy atom. The van der Waals surface area contributed by atoms with Crippen molar-refractivity contribution in [1.82, 2.24) is 9.78 Å². The number of hydrogen-bond donors (Lipinski definition) is 0. The summed E-state index contributed by atoms with van der Waals surface area (Å²) < 4.78 is 18.3. The van der Waals surface area contributed by atoms with Crippen LogP contribution < -0.4 is 14.2 Å². The number of carbonyl (C=O) groups excluding carboxylic acids is 2. The van der Waals surface area contributed by atoms with Crippen LogP contribution in [0.3, 0.4) is 0 Å². The van der Waals surface area contributed by atoms with Crippen molar-refractivity contribution in [3.05, 3.63) is 76.8 Å². The Bertz CT molecular complexity index is 1210. The Morgan fingerprint density at radius 3 is 2.63 bits per heavy atom. The summed E-state index contributed by atoms with van der Waals surface area (Å²) in [7, 11) is 3.42. The Morgan fingerprint density at radius 2 is 1.93 bits per heavy atom. The van der Waals surface area contributed by atoms with Crippen LogP contribution in [-0.4, -0.2) is 28.6 Å². The van der Waals surface area contributed by atoms with Crippen molar-refractivity contribution in [1.29, 1.82) is 0 Å². The van der Waals surface area contributed by atoms with Crippen molar-refractivity contribution in [3.8, 4) is 17.2 Å². The van der Waals surface area contributed by atoms with Crippen molar-refractivity contribution < 1.29 is 23.8 Å². The van der Waals surface area contributed by atoms with E-state index >= 15 is 0 Å². The zero-order valence-electron chi connectivity index (χ0n) is 16.4. The van der Waals surface area contributed by atoms with E-state index in [0.717, 1.165) is 16.9 Å². The zero-order chi connectivity index (χ0) is 20.8. The van der Waals surface area contributed by atoms with Gasteiger partial charge < -0.3 is 14.2 Å². The van der Waals surface area contributed by atoms with E-state index in [2.05, 4.69) is 5.10 Å². The smallest absolute Gasteiger partial charge is 0.312 e. The number of hydrogen-bond acceptors (Lipinski definition) is 6. The van der Waals surface area contributed by atoms with E-state index in [-0.39, 0.29) is 29.9 Å². The highest BCUT2D eigenvalue weighted by molar-refractivity contribution is 6.15. The number of fused-ring (bicyclic) bond motifs is 3. The molecule has 0 amide bonds. The van der Waals surface area contributed by atoms with Crippen molar-refractivity contribution in [3.63, 3.8) is 0 Å². The quantitative estimate of drug-likeness (QED) is 0.379. The zero-order valence-corrected chi connectivity index (χ0v) is 16.4. The lowest BCUT2D eigenvalue weighted by Gasteiger charge is -2.25. The molecule has 7 heteroatoms. The van der Waals surface area contributed by atoms with Crippen LogP contribution in [0.5, 0.6) is 17.2 Å². The van der Waals surface area contributed by atoms with Crippen LogP contribution in [0.15, 0.2) is 54.6 Å². The number of esters is 1. The number of rotatable bonds is 3. The summed E-state index contributed by atoms with van der Waals surface area (Å²) in [6, 6.07) is 10.6. The highest BCUT2D eigenvalue weighted by Crippen LogP contribution is 2.48. The Kier molecular flexibility index (Phi) is 4.17. The molecule has 0 fully saturated rings. The lowest BCUT2D eigenvalue weighted by molar-refractivity contribution is -0.135. The van der Waals surface area contributed by atoms with E-state index in [9.17, 15) is 9.59 Å². The van der Waals surface area contributed by atoms with Gasteiger partial charge in [0.2, 0.25) is 5.78 Å². The van der Waals surface area contributed by atoms with Crippen molar-refractivity contribution in [2.24, 2.45) is 7.05 Å². The second-order valence-electron chi connectivity index (χ2n) is 7.25. The minimum absolute atomic E-state index is 0.157. The monoisotopic (exact) mass is 402 g/mol. The van der Waals surface area contributed by atoms with E-state index in [1.165, 1.54) is 0 Å². The molecule has 7 nitrogen and oxygen atoms in total. The van der Waals surface area contributed by atoms with Crippen molar-refractivity contribution >= 4 is 17.8 Å². The number of aryl methyl sites for hydroxylation is 1. The van der Waals surface area contributed by atoms with Crippen molar-refractivity contribution in [2.75, 3.05) is 7.11 Å². The van der Waals surface area contributed by atoms with Gasteiger partial charge in [0.25, 0.3) is 0 Å². The maximum absolute atomic E-state index is 13.0. The number of Topliss-reactive ketones (excluding diaryl/α,β-unsaturated/α-hetero) is 1. The van der Waals surface area contributed by atoms with Gasteiger partial charge in [-0.3, -0.25) is 14.3 Å². The minimum atomic E-state index is -0.324. The summed E-state index contributed by atoms with van der Waals surface area (Å²) in [6.45, 7) is 0. The summed E-state index contributed by atoms with van der Waals surface area (Å²) in [6.07, 6.45) is 5.43. The Labute approximate surface area is 172 Å². The first kappa shape index (κ1) is 18.2. The van der Waals surface area contributed by atoms with Crippen LogP contribution in [-0.2, 0) is 11.8 Å². The Balaban J connectivity index is 1.58. The third-order valence-corrected chi connectivity index (χ3v) is 5.32. The second kappa shape index (κ2) is 6.88. The van der Waals surface area contributed by atoms with Gasteiger partial charge in [0.1, 0.15) is 17.2 Å². The summed E-state index contributed by atoms with van der Waals surface area (Å²) in [5, 5.41) is 4.22. The maximum atomic E-state index is 13.0. The maximum Gasteiger partial charge on any atom is 0.312 e. The molecule has 0 saturated carbocycles. The number of benzene rings is 2. The van der Waals surface area contributed by atoms with Gasteiger partial charge in [-0.15, -0.1) is 0 Å². The summed E-state index contributed by atoms with van der Waals surface area (Å²) in [5.74, 6) is 0.994. The third-order valence-electron chi connectivity index (χ3n) is 5.32. The highest BCUT2D eigenvalue weighted by atomic mass is 16.5. The molecule has 0 aliphatic carbocycles. The molecule has 0 N–H and O–H groups in total. The van der Waals surface area contributed by atoms with Crippen molar-refractivity contribution in [2.45, 2.75) is 12.3 Å². The number of nitrogens with zero attached hydrogens (tertiary/aromatic N) is 2. The van der Waals surface area contributed by atoms with Gasteiger partial charge >= 0.3 is 5.97 Å². The minimum Gasteiger partial charge on any atom is -0.497 e. The molecule has 30 heavy (non-hydrogen) atoms. The predicted molar refractivity (Wildman–Crippen MR) is 108 cm³/mol. The Hall–Kier alpha value is -3.87. The number of aromatic nitrogens is 2. The summed E-state index contributed by atoms with van der Waals surface area (Å²) in [4.78, 5) is 25.1. The van der Waals surface area contributed by atoms with Gasteiger partial charge in [0.15, 0.2) is 5.76 Å². The average molecular weight is 402 g/mol. The van der Waals surface area contributed by atoms with Gasteiger partial charge in [-0.25, -0.2) is 0 Å². The van der Waals surface area contributed by atoms with Gasteiger partial charge in [-0.2, -0.15) is 5.10 Å². The van der Waals surface area contributed by atoms with Crippen LogP contribution in [0, 0.1) is 0 Å². The molecule has 150 valence electrons. The molecule has 2 aliphatic heterocycles. The van der Waals surface area contributed by atoms with Crippen LogP contribution in [0.1, 0.15) is 39.4 Å². The molecule has 0 radical (unpaired) electrons. The van der Waals surface area contributed by atoms with Crippen LogP contribution in [0.2, 0.25) is 0 Å². The van der Waals surface area contributed by atoms with Crippen LogP contribution >= 0.6 is 0 Å². The van der Waals surface area contributed by atoms with Gasteiger partial charge in [-0.1, -0.05) is 12.1 Å². The van der Waals surface area contributed by atoms with Gasteiger partial charge in [0, 0.05) is 24.7 Å². The standard InChI is InChI=1S/C23H18N2O5/c1-25-12-14(11-24-25)17-10-20(26)29-18-8-7-16-22(27)19(30-23(16)21(17)18)9-13-3-5-15(28-2)6-4-13/h3-9,11-12,17H,10H2,1-2H3/b19-9-. The topological polar surface area (TPSA) is 79.7 Å².